The van der Waals surface area contributed by atoms with Crippen molar-refractivity contribution in [3.05, 3.63) is 71.9 Å². The van der Waals surface area contributed by atoms with E-state index in [2.05, 4.69) is 34.6 Å². The molecule has 2 N–H and O–H groups in total. The number of H-pyrrole nitrogens is 1. The van der Waals surface area contributed by atoms with Gasteiger partial charge in [0, 0.05) is 22.7 Å². The number of benzene rings is 2. The van der Waals surface area contributed by atoms with Gasteiger partial charge in [-0.25, -0.2) is 0 Å². The van der Waals surface area contributed by atoms with Crippen LogP contribution in [0.2, 0.25) is 0 Å². The van der Waals surface area contributed by atoms with Gasteiger partial charge in [-0.15, -0.1) is 11.6 Å². The number of fused-ring (bicyclic) bond motifs is 1. The fourth-order valence-corrected chi connectivity index (χ4v) is 3.42. The Morgan fingerprint density at radius 1 is 1.00 bits per heavy atom. The third kappa shape index (κ3) is 4.96. The van der Waals surface area contributed by atoms with Gasteiger partial charge in [0.15, 0.2) is 5.78 Å². The number of rotatable bonds is 10. The summed E-state index contributed by atoms with van der Waals surface area (Å²) in [6.45, 7) is 1.93. The molecular weight excluding hydrogens is 344 g/mol. The van der Waals surface area contributed by atoms with Crippen molar-refractivity contribution in [1.82, 2.24) is 10.3 Å². The number of Topliss-reactive ketones (excluding diaryl/α,β-unsaturated/α-hetero) is 1. The minimum absolute atomic E-state index is 0.0150. The summed E-state index contributed by atoms with van der Waals surface area (Å²) >= 11 is 6.36. The van der Waals surface area contributed by atoms with Crippen molar-refractivity contribution in [3.63, 3.8) is 0 Å². The van der Waals surface area contributed by atoms with Gasteiger partial charge in [0.05, 0.1) is 5.38 Å². The predicted octanol–water partition coefficient (Wildman–Crippen LogP) is 4.96. The third-order valence-electron chi connectivity index (χ3n) is 4.63. The van der Waals surface area contributed by atoms with E-state index in [9.17, 15) is 4.79 Å². The van der Waals surface area contributed by atoms with Gasteiger partial charge in [-0.2, -0.15) is 0 Å². The van der Waals surface area contributed by atoms with Gasteiger partial charge >= 0.3 is 0 Å². The SMILES string of the molecule is O=C(c1c[nH]c2ccccc12)C(Cl)CCCCNCCc1ccccc1. The molecule has 26 heavy (non-hydrogen) atoms. The molecule has 3 aromatic rings. The van der Waals surface area contributed by atoms with Crippen LogP contribution in [-0.2, 0) is 6.42 Å². The van der Waals surface area contributed by atoms with Crippen LogP contribution in [0.15, 0.2) is 60.8 Å². The number of hydrogen-bond donors (Lipinski definition) is 2. The minimum atomic E-state index is -0.460. The average molecular weight is 369 g/mol. The minimum Gasteiger partial charge on any atom is -0.360 e. The maximum Gasteiger partial charge on any atom is 0.182 e. The van der Waals surface area contributed by atoms with Crippen LogP contribution in [0.25, 0.3) is 10.9 Å². The molecule has 0 spiro atoms. The van der Waals surface area contributed by atoms with Crippen molar-refractivity contribution < 1.29 is 4.79 Å². The molecule has 0 saturated carbocycles. The Labute approximate surface area is 159 Å². The lowest BCUT2D eigenvalue weighted by Crippen LogP contribution is -2.19. The number of carbonyl (C=O) groups is 1. The second-order valence-electron chi connectivity index (χ2n) is 6.56. The summed E-state index contributed by atoms with van der Waals surface area (Å²) in [5.41, 5.74) is 3.02. The molecule has 1 aromatic heterocycles. The van der Waals surface area contributed by atoms with Crippen LogP contribution in [0.3, 0.4) is 0 Å². The predicted molar refractivity (Wildman–Crippen MR) is 109 cm³/mol. The molecule has 0 aliphatic rings. The smallest absolute Gasteiger partial charge is 0.182 e. The molecule has 3 rings (SSSR count). The highest BCUT2D eigenvalue weighted by molar-refractivity contribution is 6.35. The zero-order chi connectivity index (χ0) is 18.2. The molecule has 0 saturated heterocycles. The second kappa shape index (κ2) is 9.56. The Balaban J connectivity index is 1.35. The molecule has 0 aliphatic carbocycles. The summed E-state index contributed by atoms with van der Waals surface area (Å²) in [5, 5.41) is 3.95. The molecular formula is C22H25ClN2O. The van der Waals surface area contributed by atoms with E-state index in [4.69, 9.17) is 11.6 Å². The third-order valence-corrected chi connectivity index (χ3v) is 5.05. The van der Waals surface area contributed by atoms with E-state index >= 15 is 0 Å². The van der Waals surface area contributed by atoms with Crippen molar-refractivity contribution in [2.45, 2.75) is 31.1 Å². The highest BCUT2D eigenvalue weighted by atomic mass is 35.5. The van der Waals surface area contributed by atoms with Gasteiger partial charge in [-0.3, -0.25) is 4.79 Å². The van der Waals surface area contributed by atoms with Crippen LogP contribution in [0.4, 0.5) is 0 Å². The largest absolute Gasteiger partial charge is 0.360 e. The Morgan fingerprint density at radius 2 is 1.77 bits per heavy atom. The van der Waals surface area contributed by atoms with E-state index in [-0.39, 0.29) is 5.78 Å². The van der Waals surface area contributed by atoms with Gasteiger partial charge in [0.1, 0.15) is 0 Å². The normalized spacial score (nSPS) is 12.3. The number of nitrogens with one attached hydrogen (secondary N) is 2. The summed E-state index contributed by atoms with van der Waals surface area (Å²) in [7, 11) is 0. The summed E-state index contributed by atoms with van der Waals surface area (Å²) in [4.78, 5) is 15.7. The molecule has 4 heteroatoms. The van der Waals surface area contributed by atoms with E-state index in [1.807, 2.05) is 30.3 Å². The number of halogens is 1. The lowest BCUT2D eigenvalue weighted by molar-refractivity contribution is 0.0985. The van der Waals surface area contributed by atoms with Crippen LogP contribution in [0, 0.1) is 0 Å². The van der Waals surface area contributed by atoms with Gasteiger partial charge in [-0.1, -0.05) is 55.0 Å². The fourth-order valence-electron chi connectivity index (χ4n) is 3.15. The average Bonchev–Trinajstić information content (AvgIpc) is 3.11. The van der Waals surface area contributed by atoms with Crippen LogP contribution < -0.4 is 5.32 Å². The van der Waals surface area contributed by atoms with E-state index in [1.165, 1.54) is 5.56 Å². The number of hydrogen-bond acceptors (Lipinski definition) is 2. The first-order valence-corrected chi connectivity index (χ1v) is 9.68. The second-order valence-corrected chi connectivity index (χ2v) is 7.09. The van der Waals surface area contributed by atoms with E-state index < -0.39 is 5.38 Å². The zero-order valence-electron chi connectivity index (χ0n) is 14.9. The monoisotopic (exact) mass is 368 g/mol. The Hall–Kier alpha value is -2.10. The molecule has 1 atom stereocenters. The van der Waals surface area contributed by atoms with Crippen molar-refractivity contribution in [2.75, 3.05) is 13.1 Å². The van der Waals surface area contributed by atoms with Gasteiger partial charge in [0.25, 0.3) is 0 Å². The maximum atomic E-state index is 12.6. The molecule has 2 aromatic carbocycles. The highest BCUT2D eigenvalue weighted by Crippen LogP contribution is 2.22. The molecule has 0 bridgehead atoms. The first-order valence-electron chi connectivity index (χ1n) is 9.25. The quantitative estimate of drug-likeness (QED) is 0.302. The number of carbonyl (C=O) groups excluding carboxylic acids is 1. The Morgan fingerprint density at radius 3 is 2.62 bits per heavy atom. The van der Waals surface area contributed by atoms with E-state index in [0.717, 1.165) is 43.3 Å². The van der Waals surface area contributed by atoms with Crippen LogP contribution >= 0.6 is 11.6 Å². The number of aromatic nitrogens is 1. The van der Waals surface area contributed by atoms with Gasteiger partial charge in [0.2, 0.25) is 0 Å². The molecule has 0 radical (unpaired) electrons. The van der Waals surface area contributed by atoms with Crippen molar-refractivity contribution >= 4 is 28.3 Å². The lowest BCUT2D eigenvalue weighted by atomic mass is 10.0. The van der Waals surface area contributed by atoms with Crippen LogP contribution in [-0.4, -0.2) is 29.2 Å². The molecule has 1 unspecified atom stereocenters. The number of ketones is 1. The number of alkyl halides is 1. The summed E-state index contributed by atoms with van der Waals surface area (Å²) in [6.07, 6.45) is 5.49. The zero-order valence-corrected chi connectivity index (χ0v) is 15.6. The maximum absolute atomic E-state index is 12.6. The summed E-state index contributed by atoms with van der Waals surface area (Å²) in [5.74, 6) is 0.0150. The van der Waals surface area contributed by atoms with Crippen LogP contribution in [0.1, 0.15) is 35.2 Å². The van der Waals surface area contributed by atoms with Crippen molar-refractivity contribution in [1.29, 1.82) is 0 Å². The summed E-state index contributed by atoms with van der Waals surface area (Å²) < 4.78 is 0. The van der Waals surface area contributed by atoms with Crippen molar-refractivity contribution in [2.24, 2.45) is 0 Å². The molecule has 0 aliphatic heterocycles. The Kier molecular flexibility index (Phi) is 6.87. The molecule has 0 amide bonds. The number of aromatic amines is 1. The van der Waals surface area contributed by atoms with E-state index in [0.29, 0.717) is 12.0 Å². The topological polar surface area (TPSA) is 44.9 Å². The van der Waals surface area contributed by atoms with Crippen LogP contribution in [0.5, 0.6) is 0 Å². The number of para-hydroxylation sites is 1. The lowest BCUT2D eigenvalue weighted by Gasteiger charge is -2.09. The highest BCUT2D eigenvalue weighted by Gasteiger charge is 2.19. The Bertz CT molecular complexity index is 828. The first kappa shape index (κ1) is 18.7. The fraction of sp³-hybridized carbons (Fsp3) is 0.318. The number of unbranched alkanes of at least 4 members (excludes halogenated alkanes) is 1. The first-order chi connectivity index (χ1) is 12.8. The van der Waals surface area contributed by atoms with Crippen molar-refractivity contribution in [3.8, 4) is 0 Å². The van der Waals surface area contributed by atoms with Gasteiger partial charge < -0.3 is 10.3 Å². The standard InChI is InChI=1S/C22H25ClN2O/c23-20(22(26)19-16-25-21-12-5-4-10-18(19)21)11-6-7-14-24-15-13-17-8-2-1-3-9-17/h1-5,8-10,12,16,20,24-25H,6-7,11,13-15H2. The molecule has 1 heterocycles. The molecule has 0 fully saturated rings. The van der Waals surface area contributed by atoms with E-state index in [1.54, 1.807) is 6.20 Å². The molecule has 136 valence electrons. The van der Waals surface area contributed by atoms with Gasteiger partial charge in [-0.05, 0) is 44.0 Å². The molecule has 3 nitrogen and oxygen atoms in total. The summed E-state index contributed by atoms with van der Waals surface area (Å²) in [6, 6.07) is 18.3.